The summed E-state index contributed by atoms with van der Waals surface area (Å²) in [5.41, 5.74) is 0.505. The van der Waals surface area contributed by atoms with Gasteiger partial charge < -0.3 is 14.4 Å². The minimum absolute atomic E-state index is 0.0430. The summed E-state index contributed by atoms with van der Waals surface area (Å²) in [5, 5.41) is 1.67. The molecule has 0 fully saturated rings. The lowest BCUT2D eigenvalue weighted by Crippen LogP contribution is -2.38. The van der Waals surface area contributed by atoms with Crippen molar-refractivity contribution in [2.75, 3.05) is 24.7 Å². The number of esters is 1. The largest absolute Gasteiger partial charge is 0.482 e. The Labute approximate surface area is 180 Å². The van der Waals surface area contributed by atoms with Gasteiger partial charge in [-0.3, -0.25) is 19.0 Å². The summed E-state index contributed by atoms with van der Waals surface area (Å²) in [5.74, 6) is -0.603. The van der Waals surface area contributed by atoms with E-state index in [1.165, 1.54) is 16.3 Å². The molecule has 0 spiro atoms. The Morgan fingerprint density at radius 1 is 1.26 bits per heavy atom. The van der Waals surface area contributed by atoms with Crippen LogP contribution in [0.3, 0.4) is 0 Å². The number of rotatable bonds is 6. The van der Waals surface area contributed by atoms with Crippen LogP contribution in [0.15, 0.2) is 34.7 Å². The summed E-state index contributed by atoms with van der Waals surface area (Å²) in [7, 11) is 0. The number of nitrogens with zero attached hydrogens (tertiary/aromatic N) is 3. The number of hydrogen-bond donors (Lipinski definition) is 0. The summed E-state index contributed by atoms with van der Waals surface area (Å²) >= 11 is 1.16. The number of benzene rings is 1. The molecule has 2 aromatic heterocycles. The van der Waals surface area contributed by atoms with Crippen molar-refractivity contribution in [2.45, 2.75) is 20.4 Å². The fraction of sp³-hybridized carbons (Fsp3) is 0.286. The normalized spacial score (nSPS) is 13.1. The third-order valence-electron chi connectivity index (χ3n) is 4.91. The number of likely N-dealkylation sites (N-methyl/N-ethyl adjacent to an activating group) is 1. The number of thiophene rings is 1. The molecule has 0 radical (unpaired) electrons. The molecule has 3 aromatic rings. The minimum atomic E-state index is -0.601. The first kappa shape index (κ1) is 20.7. The Bertz CT molecular complexity index is 1260. The molecule has 3 heterocycles. The zero-order chi connectivity index (χ0) is 22.1. The van der Waals surface area contributed by atoms with Gasteiger partial charge in [-0.2, -0.15) is 0 Å². The van der Waals surface area contributed by atoms with Gasteiger partial charge in [0, 0.05) is 17.5 Å². The highest BCUT2D eigenvalue weighted by Gasteiger charge is 2.25. The molecule has 0 bridgehead atoms. The Balaban J connectivity index is 1.66. The van der Waals surface area contributed by atoms with Gasteiger partial charge in [-0.25, -0.2) is 9.78 Å². The average molecular weight is 441 g/mol. The van der Waals surface area contributed by atoms with E-state index < -0.39 is 11.5 Å². The fourth-order valence-corrected chi connectivity index (χ4v) is 4.27. The lowest BCUT2D eigenvalue weighted by molar-refractivity contribution is -0.121. The Morgan fingerprint density at radius 3 is 2.81 bits per heavy atom. The molecule has 0 saturated carbocycles. The van der Waals surface area contributed by atoms with E-state index in [1.54, 1.807) is 30.0 Å². The lowest BCUT2D eigenvalue weighted by Gasteiger charge is -2.28. The van der Waals surface area contributed by atoms with Gasteiger partial charge in [-0.1, -0.05) is 0 Å². The number of hydrogen-bond acceptors (Lipinski definition) is 8. The molecule has 1 aliphatic rings. The van der Waals surface area contributed by atoms with Gasteiger partial charge in [-0.05, 0) is 32.0 Å². The van der Waals surface area contributed by atoms with Gasteiger partial charge in [0.05, 0.1) is 36.1 Å². The quantitative estimate of drug-likeness (QED) is 0.426. The fourth-order valence-electron chi connectivity index (χ4n) is 3.41. The lowest BCUT2D eigenvalue weighted by atomic mass is 10.1. The maximum Gasteiger partial charge on any atom is 0.339 e. The number of aromatic nitrogens is 2. The first-order valence-electron chi connectivity index (χ1n) is 9.68. The molecule has 0 atom stereocenters. The number of Topliss-reactive ketones (excluding diaryl/α,β-unsaturated/α-hetero) is 1. The number of carbonyl (C=O) groups excluding carboxylic acids is 3. The van der Waals surface area contributed by atoms with Gasteiger partial charge >= 0.3 is 5.97 Å². The number of anilines is 1. The zero-order valence-electron chi connectivity index (χ0n) is 16.9. The standard InChI is InChI=1S/C21H19N3O6S/c1-3-24-14-7-12(5-6-16(14)30-9-17(24)26)15(25)8-23-11-22-19-18(20(23)27)13(10-31-19)21(28)29-4-2/h5-7,10-11H,3-4,8-9H2,1-2H3. The van der Waals surface area contributed by atoms with Crippen LogP contribution in [0.2, 0.25) is 0 Å². The molecule has 0 N–H and O–H groups in total. The molecule has 1 aliphatic heterocycles. The van der Waals surface area contributed by atoms with E-state index in [4.69, 9.17) is 9.47 Å². The van der Waals surface area contributed by atoms with Crippen LogP contribution in [0, 0.1) is 0 Å². The first-order chi connectivity index (χ1) is 14.9. The molecule has 0 unspecified atom stereocenters. The second kappa shape index (κ2) is 8.31. The topological polar surface area (TPSA) is 108 Å². The average Bonchev–Trinajstić information content (AvgIpc) is 3.20. The van der Waals surface area contributed by atoms with Crippen LogP contribution in [0.5, 0.6) is 5.75 Å². The van der Waals surface area contributed by atoms with Crippen molar-refractivity contribution in [3.8, 4) is 5.75 Å². The molecule has 1 aromatic carbocycles. The second-order valence-electron chi connectivity index (χ2n) is 6.76. The van der Waals surface area contributed by atoms with E-state index in [0.717, 1.165) is 11.3 Å². The summed E-state index contributed by atoms with van der Waals surface area (Å²) in [6.45, 7) is 3.84. The van der Waals surface area contributed by atoms with E-state index in [-0.39, 0.29) is 42.4 Å². The van der Waals surface area contributed by atoms with Crippen LogP contribution in [0.1, 0.15) is 34.6 Å². The number of carbonyl (C=O) groups is 3. The van der Waals surface area contributed by atoms with Gasteiger partial charge in [0.2, 0.25) is 0 Å². The van der Waals surface area contributed by atoms with Gasteiger partial charge in [-0.15, -0.1) is 11.3 Å². The molecular weight excluding hydrogens is 422 g/mol. The van der Waals surface area contributed by atoms with Gasteiger partial charge in [0.25, 0.3) is 11.5 Å². The molecule has 1 amide bonds. The molecule has 4 rings (SSSR count). The molecule has 160 valence electrons. The SMILES string of the molecule is CCOC(=O)c1csc2ncn(CC(=O)c3ccc4c(c3)N(CC)C(=O)CO4)c(=O)c12. The van der Waals surface area contributed by atoms with Gasteiger partial charge in [0.1, 0.15) is 10.6 Å². The Morgan fingerprint density at radius 2 is 2.06 bits per heavy atom. The predicted octanol–water partition coefficient (Wildman–Crippen LogP) is 2.26. The second-order valence-corrected chi connectivity index (χ2v) is 7.62. The summed E-state index contributed by atoms with van der Waals surface area (Å²) < 4.78 is 11.6. The van der Waals surface area contributed by atoms with Crippen molar-refractivity contribution in [1.29, 1.82) is 0 Å². The number of ether oxygens (including phenoxy) is 2. The van der Waals surface area contributed by atoms with Crippen LogP contribution < -0.4 is 15.2 Å². The molecule has 0 saturated heterocycles. The van der Waals surface area contributed by atoms with Crippen molar-refractivity contribution in [1.82, 2.24) is 9.55 Å². The molecule has 0 aliphatic carbocycles. The van der Waals surface area contributed by atoms with Crippen molar-refractivity contribution < 1.29 is 23.9 Å². The summed E-state index contributed by atoms with van der Waals surface area (Å²) in [4.78, 5) is 56.2. The van der Waals surface area contributed by atoms with Crippen LogP contribution in [-0.4, -0.2) is 47.0 Å². The van der Waals surface area contributed by atoms with Crippen molar-refractivity contribution in [2.24, 2.45) is 0 Å². The minimum Gasteiger partial charge on any atom is -0.482 e. The van der Waals surface area contributed by atoms with Gasteiger partial charge in [0.15, 0.2) is 12.4 Å². The maximum absolute atomic E-state index is 13.0. The van der Waals surface area contributed by atoms with E-state index >= 15 is 0 Å². The van der Waals surface area contributed by atoms with Crippen molar-refractivity contribution in [3.63, 3.8) is 0 Å². The predicted molar refractivity (Wildman–Crippen MR) is 114 cm³/mol. The third kappa shape index (κ3) is 3.70. The maximum atomic E-state index is 13.0. The monoisotopic (exact) mass is 441 g/mol. The summed E-state index contributed by atoms with van der Waals surface area (Å²) in [6.07, 6.45) is 1.29. The van der Waals surface area contributed by atoms with Crippen LogP contribution >= 0.6 is 11.3 Å². The first-order valence-corrected chi connectivity index (χ1v) is 10.6. The number of ketones is 1. The van der Waals surface area contributed by atoms with E-state index in [2.05, 4.69) is 4.98 Å². The third-order valence-corrected chi connectivity index (χ3v) is 5.80. The van der Waals surface area contributed by atoms with Crippen LogP contribution in [0.25, 0.3) is 10.2 Å². The molecule has 10 heteroatoms. The molecule has 9 nitrogen and oxygen atoms in total. The van der Waals surface area contributed by atoms with Crippen molar-refractivity contribution in [3.05, 3.63) is 51.4 Å². The van der Waals surface area contributed by atoms with Crippen molar-refractivity contribution >= 4 is 44.9 Å². The zero-order valence-corrected chi connectivity index (χ0v) is 17.7. The smallest absolute Gasteiger partial charge is 0.339 e. The summed E-state index contributed by atoms with van der Waals surface area (Å²) in [6, 6.07) is 4.82. The Kier molecular flexibility index (Phi) is 5.55. The number of amides is 1. The molecule has 31 heavy (non-hydrogen) atoms. The highest BCUT2D eigenvalue weighted by Crippen LogP contribution is 2.33. The van der Waals surface area contributed by atoms with E-state index in [0.29, 0.717) is 28.4 Å². The molecular formula is C21H19N3O6S. The van der Waals surface area contributed by atoms with E-state index in [1.807, 2.05) is 6.92 Å². The van der Waals surface area contributed by atoms with Crippen LogP contribution in [0.4, 0.5) is 5.69 Å². The van der Waals surface area contributed by atoms with E-state index in [9.17, 15) is 19.2 Å². The van der Waals surface area contributed by atoms with Crippen LogP contribution in [-0.2, 0) is 16.1 Å². The Hall–Kier alpha value is -3.53. The highest BCUT2D eigenvalue weighted by atomic mass is 32.1. The highest BCUT2D eigenvalue weighted by molar-refractivity contribution is 7.17. The number of fused-ring (bicyclic) bond motifs is 2.